The first-order valence-electron chi connectivity index (χ1n) is 5.75. The van der Waals surface area contributed by atoms with E-state index in [1.54, 1.807) is 0 Å². The molecule has 0 aliphatic carbocycles. The summed E-state index contributed by atoms with van der Waals surface area (Å²) in [5, 5.41) is 11.6. The normalized spacial score (nSPS) is 12.1. The standard InChI is InChI=1S/C12H18N2O3/c1-2-9(5-6-15)7-14-12(17)10-3-4-11(16)13-8-10/h3-4,8-9,15H,2,5-7H2,1H3,(H,13,16)(H,14,17). The summed E-state index contributed by atoms with van der Waals surface area (Å²) in [7, 11) is 0. The largest absolute Gasteiger partial charge is 0.396 e. The van der Waals surface area contributed by atoms with Crippen LogP contribution in [0.2, 0.25) is 0 Å². The molecule has 17 heavy (non-hydrogen) atoms. The number of aromatic amines is 1. The monoisotopic (exact) mass is 238 g/mol. The van der Waals surface area contributed by atoms with E-state index < -0.39 is 0 Å². The van der Waals surface area contributed by atoms with Gasteiger partial charge in [-0.05, 0) is 18.4 Å². The number of nitrogens with one attached hydrogen (secondary N) is 2. The highest BCUT2D eigenvalue weighted by molar-refractivity contribution is 5.93. The molecular formula is C12H18N2O3. The van der Waals surface area contributed by atoms with Crippen molar-refractivity contribution < 1.29 is 9.90 Å². The van der Waals surface area contributed by atoms with E-state index in [1.165, 1.54) is 18.3 Å². The van der Waals surface area contributed by atoms with Gasteiger partial charge in [-0.1, -0.05) is 13.3 Å². The molecule has 1 unspecified atom stereocenters. The Hall–Kier alpha value is -1.62. The van der Waals surface area contributed by atoms with Crippen molar-refractivity contribution in [1.82, 2.24) is 10.3 Å². The van der Waals surface area contributed by atoms with Gasteiger partial charge in [0, 0.05) is 25.4 Å². The number of aliphatic hydroxyl groups excluding tert-OH is 1. The van der Waals surface area contributed by atoms with E-state index in [0.29, 0.717) is 18.5 Å². The first-order valence-corrected chi connectivity index (χ1v) is 5.75. The molecule has 1 aromatic heterocycles. The van der Waals surface area contributed by atoms with Crippen LogP contribution in [0.25, 0.3) is 0 Å². The maximum Gasteiger partial charge on any atom is 0.252 e. The summed E-state index contributed by atoms with van der Waals surface area (Å²) in [5.41, 5.74) is 0.205. The minimum Gasteiger partial charge on any atom is -0.396 e. The Morgan fingerprint density at radius 2 is 2.29 bits per heavy atom. The second-order valence-electron chi connectivity index (χ2n) is 3.94. The summed E-state index contributed by atoms with van der Waals surface area (Å²) >= 11 is 0. The minimum absolute atomic E-state index is 0.132. The highest BCUT2D eigenvalue weighted by Gasteiger charge is 2.09. The van der Waals surface area contributed by atoms with Crippen molar-refractivity contribution in [3.8, 4) is 0 Å². The molecule has 1 aromatic rings. The molecule has 0 aliphatic rings. The quantitative estimate of drug-likeness (QED) is 0.675. The van der Waals surface area contributed by atoms with E-state index >= 15 is 0 Å². The predicted octanol–water partition coefficient (Wildman–Crippen LogP) is 0.513. The van der Waals surface area contributed by atoms with E-state index in [0.717, 1.165) is 6.42 Å². The van der Waals surface area contributed by atoms with Gasteiger partial charge in [0.25, 0.3) is 5.91 Å². The molecule has 1 amide bonds. The molecule has 5 nitrogen and oxygen atoms in total. The zero-order valence-corrected chi connectivity index (χ0v) is 9.90. The number of pyridine rings is 1. The number of aromatic nitrogens is 1. The number of aliphatic hydroxyl groups is 1. The highest BCUT2D eigenvalue weighted by atomic mass is 16.3. The summed E-state index contributed by atoms with van der Waals surface area (Å²) in [6.07, 6.45) is 2.99. The molecule has 0 bridgehead atoms. The molecule has 1 heterocycles. The molecule has 1 atom stereocenters. The fraction of sp³-hybridized carbons (Fsp3) is 0.500. The first kappa shape index (κ1) is 13.4. The lowest BCUT2D eigenvalue weighted by atomic mass is 10.0. The van der Waals surface area contributed by atoms with E-state index in [-0.39, 0.29) is 24.0 Å². The fourth-order valence-corrected chi connectivity index (χ4v) is 1.52. The number of rotatable bonds is 6. The molecule has 1 rings (SSSR count). The van der Waals surface area contributed by atoms with Crippen LogP contribution in [0.15, 0.2) is 23.1 Å². The fourth-order valence-electron chi connectivity index (χ4n) is 1.52. The molecule has 0 saturated carbocycles. The van der Waals surface area contributed by atoms with Crippen molar-refractivity contribution in [3.63, 3.8) is 0 Å². The van der Waals surface area contributed by atoms with Gasteiger partial charge in [0.05, 0.1) is 5.56 Å². The summed E-state index contributed by atoms with van der Waals surface area (Å²) in [6, 6.07) is 2.81. The zero-order valence-electron chi connectivity index (χ0n) is 9.90. The zero-order chi connectivity index (χ0) is 12.7. The van der Waals surface area contributed by atoms with Crippen molar-refractivity contribution in [2.24, 2.45) is 5.92 Å². The Balaban J connectivity index is 2.49. The number of carbonyl (C=O) groups excluding carboxylic acids is 1. The number of H-pyrrole nitrogens is 1. The van der Waals surface area contributed by atoms with Gasteiger partial charge >= 0.3 is 0 Å². The van der Waals surface area contributed by atoms with Crippen LogP contribution in [-0.2, 0) is 0 Å². The summed E-state index contributed by atoms with van der Waals surface area (Å²) in [6.45, 7) is 2.69. The molecule has 0 spiro atoms. The van der Waals surface area contributed by atoms with Crippen LogP contribution in [0, 0.1) is 5.92 Å². The molecule has 94 valence electrons. The molecule has 5 heteroatoms. The van der Waals surface area contributed by atoms with Crippen molar-refractivity contribution in [1.29, 1.82) is 0 Å². The Morgan fingerprint density at radius 3 is 2.82 bits per heavy atom. The number of carbonyl (C=O) groups is 1. The van der Waals surface area contributed by atoms with Gasteiger partial charge in [-0.2, -0.15) is 0 Å². The molecule has 0 saturated heterocycles. The van der Waals surface area contributed by atoms with Gasteiger partial charge < -0.3 is 15.4 Å². The SMILES string of the molecule is CCC(CCO)CNC(=O)c1ccc(=O)[nH]c1. The van der Waals surface area contributed by atoms with Gasteiger partial charge in [-0.3, -0.25) is 9.59 Å². The Kier molecular flexibility index (Phi) is 5.42. The molecular weight excluding hydrogens is 220 g/mol. The molecule has 0 radical (unpaired) electrons. The second-order valence-corrected chi connectivity index (χ2v) is 3.94. The lowest BCUT2D eigenvalue weighted by Gasteiger charge is -2.14. The summed E-state index contributed by atoms with van der Waals surface area (Å²) in [4.78, 5) is 25.0. The Bertz CT molecular complexity index is 394. The van der Waals surface area contributed by atoms with Gasteiger partial charge in [0.1, 0.15) is 0 Å². The first-order chi connectivity index (χ1) is 8.17. The minimum atomic E-state index is -0.228. The predicted molar refractivity (Wildman–Crippen MR) is 64.9 cm³/mol. The van der Waals surface area contributed by atoms with Crippen LogP contribution < -0.4 is 10.9 Å². The summed E-state index contributed by atoms with van der Waals surface area (Å²) in [5.74, 6) is 0.0735. The third kappa shape index (κ3) is 4.40. The Morgan fingerprint density at radius 1 is 1.53 bits per heavy atom. The highest BCUT2D eigenvalue weighted by Crippen LogP contribution is 2.06. The number of hydrogen-bond acceptors (Lipinski definition) is 3. The van der Waals surface area contributed by atoms with Crippen LogP contribution in [-0.4, -0.2) is 29.1 Å². The smallest absolute Gasteiger partial charge is 0.252 e. The lowest BCUT2D eigenvalue weighted by molar-refractivity contribution is 0.0943. The van der Waals surface area contributed by atoms with Crippen LogP contribution in [0.4, 0.5) is 0 Å². The van der Waals surface area contributed by atoms with E-state index in [2.05, 4.69) is 10.3 Å². The topological polar surface area (TPSA) is 82.2 Å². The summed E-state index contributed by atoms with van der Waals surface area (Å²) < 4.78 is 0. The van der Waals surface area contributed by atoms with E-state index in [9.17, 15) is 9.59 Å². The Labute approximate surface area is 99.9 Å². The van der Waals surface area contributed by atoms with Crippen molar-refractivity contribution in [2.45, 2.75) is 19.8 Å². The maximum atomic E-state index is 11.7. The van der Waals surface area contributed by atoms with Crippen molar-refractivity contribution >= 4 is 5.91 Å². The van der Waals surface area contributed by atoms with Gasteiger partial charge in [-0.15, -0.1) is 0 Å². The van der Waals surface area contributed by atoms with Crippen LogP contribution in [0.3, 0.4) is 0 Å². The van der Waals surface area contributed by atoms with Crippen LogP contribution in [0.5, 0.6) is 0 Å². The second kappa shape index (κ2) is 6.85. The van der Waals surface area contributed by atoms with Gasteiger partial charge in [0.15, 0.2) is 0 Å². The average molecular weight is 238 g/mol. The lowest BCUT2D eigenvalue weighted by Crippen LogP contribution is -2.30. The van der Waals surface area contributed by atoms with Gasteiger partial charge in [-0.25, -0.2) is 0 Å². The molecule has 0 aromatic carbocycles. The van der Waals surface area contributed by atoms with E-state index in [1.807, 2.05) is 6.92 Å². The maximum absolute atomic E-state index is 11.7. The van der Waals surface area contributed by atoms with Crippen LogP contribution in [0.1, 0.15) is 30.1 Å². The third-order valence-electron chi connectivity index (χ3n) is 2.71. The van der Waals surface area contributed by atoms with Gasteiger partial charge in [0.2, 0.25) is 5.56 Å². The average Bonchev–Trinajstić information content (AvgIpc) is 2.35. The number of hydrogen-bond donors (Lipinski definition) is 3. The third-order valence-corrected chi connectivity index (χ3v) is 2.71. The van der Waals surface area contributed by atoms with Crippen molar-refractivity contribution in [2.75, 3.05) is 13.2 Å². The number of amides is 1. The molecule has 0 aliphatic heterocycles. The van der Waals surface area contributed by atoms with E-state index in [4.69, 9.17) is 5.11 Å². The van der Waals surface area contributed by atoms with Crippen LogP contribution >= 0.6 is 0 Å². The molecule has 3 N–H and O–H groups in total. The van der Waals surface area contributed by atoms with Crippen molar-refractivity contribution in [3.05, 3.63) is 34.2 Å². The molecule has 0 fully saturated rings.